The molecule has 18 heteroatoms. The Morgan fingerprint density at radius 2 is 1.46 bits per heavy atom. The van der Waals surface area contributed by atoms with E-state index in [1.54, 1.807) is 6.07 Å². The van der Waals surface area contributed by atoms with E-state index < -0.39 is 67.9 Å². The first-order chi connectivity index (χ1) is 18.5. The third-order valence-corrected chi connectivity index (χ3v) is 7.49. The molecule has 0 amide bonds. The number of ether oxygens (including phenoxy) is 1. The summed E-state index contributed by atoms with van der Waals surface area (Å²) in [5, 5.41) is 22.7. The van der Waals surface area contributed by atoms with Crippen LogP contribution in [0.3, 0.4) is 0 Å². The molecule has 0 aliphatic heterocycles. The molecule has 0 N–H and O–H groups in total. The van der Waals surface area contributed by atoms with Crippen molar-refractivity contribution in [2.75, 3.05) is 6.61 Å². The largest absolute Gasteiger partial charge is 0.453 e. The summed E-state index contributed by atoms with van der Waals surface area (Å²) in [5.74, 6) is -0.697. The fourth-order valence-corrected chi connectivity index (χ4v) is 5.27. The number of sulfone groups is 1. The second-order valence-corrected chi connectivity index (χ2v) is 9.80. The van der Waals surface area contributed by atoms with E-state index in [9.17, 15) is 42.9 Å². The first-order valence-electron chi connectivity index (χ1n) is 10.7. The summed E-state index contributed by atoms with van der Waals surface area (Å²) in [4.78, 5) is 64.7. The van der Waals surface area contributed by atoms with Crippen molar-refractivity contribution < 1.29 is 32.6 Å². The zero-order chi connectivity index (χ0) is 28.1. The Kier molecular flexibility index (Phi) is 5.94. The van der Waals surface area contributed by atoms with Gasteiger partial charge in [-0.3, -0.25) is 33.2 Å². The highest BCUT2D eigenvalue weighted by molar-refractivity contribution is 7.91. The van der Waals surface area contributed by atoms with Crippen LogP contribution >= 0.6 is 0 Å². The van der Waals surface area contributed by atoms with Gasteiger partial charge in [-0.2, -0.15) is 0 Å². The molecule has 0 spiro atoms. The minimum atomic E-state index is -4.39. The lowest BCUT2D eigenvalue weighted by atomic mass is 10.1. The lowest BCUT2D eigenvalue weighted by molar-refractivity contribution is -0.832. The van der Waals surface area contributed by atoms with Crippen molar-refractivity contribution in [1.82, 2.24) is 14.3 Å². The molecule has 0 aliphatic rings. The number of fused-ring (bicyclic) bond motifs is 2. The summed E-state index contributed by atoms with van der Waals surface area (Å²) in [7, 11) is -4.39. The Hall–Kier alpha value is -5.39. The van der Waals surface area contributed by atoms with Gasteiger partial charge in [-0.05, 0) is 29.2 Å². The van der Waals surface area contributed by atoms with Gasteiger partial charge in [0.05, 0.1) is 38.1 Å². The van der Waals surface area contributed by atoms with E-state index >= 15 is 0 Å². The van der Waals surface area contributed by atoms with Crippen LogP contribution in [0.1, 0.15) is 0 Å². The number of benzene rings is 2. The van der Waals surface area contributed by atoms with Crippen LogP contribution in [0.25, 0.3) is 21.5 Å². The molecule has 0 bridgehead atoms. The summed E-state index contributed by atoms with van der Waals surface area (Å²) < 4.78 is 36.5. The molecule has 3 heterocycles. The summed E-state index contributed by atoms with van der Waals surface area (Å²) in [6, 6.07) is 8.99. The Morgan fingerprint density at radius 3 is 2.00 bits per heavy atom. The average Bonchev–Trinajstić information content (AvgIpc) is 3.48. The molecule has 2 aromatic carbocycles. The van der Waals surface area contributed by atoms with Gasteiger partial charge in [-0.25, -0.2) is 13.0 Å². The average molecular weight is 559 g/mol. The fraction of sp³-hybridized carbons (Fsp3) is 0.143. The van der Waals surface area contributed by atoms with E-state index in [4.69, 9.17) is 4.74 Å². The van der Waals surface area contributed by atoms with Gasteiger partial charge in [-0.1, -0.05) is 18.2 Å². The summed E-state index contributed by atoms with van der Waals surface area (Å²) in [5.41, 5.74) is -3.60. The van der Waals surface area contributed by atoms with Crippen LogP contribution in [0.2, 0.25) is 0 Å². The first-order valence-corrected chi connectivity index (χ1v) is 12.2. The van der Waals surface area contributed by atoms with Gasteiger partial charge in [0.2, 0.25) is 0 Å². The molecular formula is C21H13N5O12S. The van der Waals surface area contributed by atoms with Crippen molar-refractivity contribution in [3.63, 3.8) is 0 Å². The topological polar surface area (TPSA) is 227 Å². The molecule has 5 aromatic rings. The molecule has 0 saturated heterocycles. The highest BCUT2D eigenvalue weighted by Crippen LogP contribution is 2.25. The van der Waals surface area contributed by atoms with Crippen molar-refractivity contribution >= 4 is 31.4 Å². The molecule has 200 valence electrons. The maximum atomic E-state index is 12.9. The van der Waals surface area contributed by atoms with Crippen LogP contribution in [-0.4, -0.2) is 34.4 Å². The van der Waals surface area contributed by atoms with Gasteiger partial charge >= 0.3 is 10.9 Å². The second kappa shape index (κ2) is 9.17. The molecule has 5 rings (SSSR count). The van der Waals surface area contributed by atoms with Crippen LogP contribution < -0.4 is 31.9 Å². The van der Waals surface area contributed by atoms with E-state index in [2.05, 4.69) is 14.6 Å². The number of nitrogens with zero attached hydrogens (tertiary/aromatic N) is 5. The van der Waals surface area contributed by atoms with E-state index in [1.807, 2.05) is 0 Å². The Bertz CT molecular complexity index is 2010. The zero-order valence-corrected chi connectivity index (χ0v) is 20.0. The number of rotatable bonds is 9. The van der Waals surface area contributed by atoms with Gasteiger partial charge in [0.25, 0.3) is 37.2 Å². The minimum absolute atomic E-state index is 0.205. The molecule has 0 unspecified atom stereocenters. The second-order valence-electron chi connectivity index (χ2n) is 7.93. The maximum Gasteiger partial charge on any atom is 0.415 e. The Morgan fingerprint density at radius 1 is 0.923 bits per heavy atom. The molecule has 3 aromatic heterocycles. The quantitative estimate of drug-likeness (QED) is 0.115. The van der Waals surface area contributed by atoms with Crippen molar-refractivity contribution in [3.8, 4) is 5.88 Å². The normalized spacial score (nSPS) is 11.8. The van der Waals surface area contributed by atoms with Crippen LogP contribution in [0.15, 0.2) is 76.2 Å². The van der Waals surface area contributed by atoms with E-state index in [-0.39, 0.29) is 31.3 Å². The number of hydrogen-bond donors (Lipinski definition) is 0. The van der Waals surface area contributed by atoms with E-state index in [0.29, 0.717) is 4.57 Å². The Balaban J connectivity index is 1.45. The predicted molar refractivity (Wildman–Crippen MR) is 126 cm³/mol. The molecule has 0 radical (unpaired) electrons. The van der Waals surface area contributed by atoms with Gasteiger partial charge in [0.15, 0.2) is 6.73 Å². The van der Waals surface area contributed by atoms with Crippen molar-refractivity contribution in [2.24, 2.45) is 0 Å². The molecule has 39 heavy (non-hydrogen) atoms. The molecule has 0 saturated carbocycles. The van der Waals surface area contributed by atoms with Crippen molar-refractivity contribution in [2.45, 2.75) is 23.2 Å². The summed E-state index contributed by atoms with van der Waals surface area (Å²) >= 11 is 0. The van der Waals surface area contributed by atoms with E-state index in [1.165, 1.54) is 24.3 Å². The van der Waals surface area contributed by atoms with Crippen LogP contribution in [0.4, 0.5) is 0 Å². The SMILES string of the molecule is O=c1c2cc3c(=O)n(CO[N+](=O)[O-])c(=O)c3cc2c(=O)n1CCOc1no[n+]([O-])c1S(=O)(=O)c1ccccc1. The third kappa shape index (κ3) is 4.07. The van der Waals surface area contributed by atoms with Crippen molar-refractivity contribution in [1.29, 1.82) is 0 Å². The maximum absolute atomic E-state index is 12.9. The summed E-state index contributed by atoms with van der Waals surface area (Å²) in [6.45, 7) is -1.90. The van der Waals surface area contributed by atoms with Crippen molar-refractivity contribution in [3.05, 3.63) is 99.2 Å². The van der Waals surface area contributed by atoms with Gasteiger partial charge in [0.1, 0.15) is 6.61 Å². The van der Waals surface area contributed by atoms with Crippen LogP contribution in [0, 0.1) is 15.3 Å². The zero-order valence-electron chi connectivity index (χ0n) is 19.2. The lowest BCUT2D eigenvalue weighted by Gasteiger charge is -2.03. The van der Waals surface area contributed by atoms with E-state index in [0.717, 1.165) is 16.7 Å². The predicted octanol–water partition coefficient (Wildman–Crippen LogP) is -1.39. The smallest absolute Gasteiger partial charge is 0.415 e. The molecule has 0 aliphatic carbocycles. The molecule has 0 fully saturated rings. The van der Waals surface area contributed by atoms with Crippen LogP contribution in [0.5, 0.6) is 5.88 Å². The lowest BCUT2D eigenvalue weighted by Crippen LogP contribution is -2.31. The highest BCUT2D eigenvalue weighted by Gasteiger charge is 2.35. The monoisotopic (exact) mass is 559 g/mol. The van der Waals surface area contributed by atoms with Gasteiger partial charge < -0.3 is 9.94 Å². The van der Waals surface area contributed by atoms with Gasteiger partial charge in [0, 0.05) is 0 Å². The first kappa shape index (κ1) is 25.3. The fourth-order valence-electron chi connectivity index (χ4n) is 3.97. The molecule has 0 atom stereocenters. The third-order valence-electron chi connectivity index (χ3n) is 5.76. The Labute approximate surface area is 213 Å². The standard InChI is InChI=1S/C21H13N5O12S/c27-17-12-8-14-15(20(30)24(19(14)29)10-37-26(32)33)9-13(12)18(28)23(17)6-7-36-16-21(25(31)38-22-16)39(34,35)11-4-2-1-3-5-11/h1-5,8-9H,6-7,10H2. The number of hydrogen-bond acceptors (Lipinski definition) is 13. The highest BCUT2D eigenvalue weighted by atomic mass is 32.2. The molecular weight excluding hydrogens is 546 g/mol. The van der Waals surface area contributed by atoms with Crippen LogP contribution in [-0.2, 0) is 28.0 Å². The minimum Gasteiger partial charge on any atom is -0.453 e. The molecule has 17 nitrogen and oxygen atoms in total. The summed E-state index contributed by atoms with van der Waals surface area (Å²) in [6.07, 6.45) is 0. The van der Waals surface area contributed by atoms with Gasteiger partial charge in [-0.15, -0.1) is 10.1 Å². The number of aromatic nitrogens is 4.